The number of anilines is 1. The summed E-state index contributed by atoms with van der Waals surface area (Å²) < 4.78 is 5.49. The number of benzene rings is 1. The summed E-state index contributed by atoms with van der Waals surface area (Å²) in [4.78, 5) is 11.8. The van der Waals surface area contributed by atoms with Crippen molar-refractivity contribution in [1.82, 2.24) is 5.32 Å². The van der Waals surface area contributed by atoms with Crippen LogP contribution in [0.1, 0.15) is 24.0 Å². The third-order valence-corrected chi connectivity index (χ3v) is 3.35. The van der Waals surface area contributed by atoms with Crippen LogP contribution in [0.25, 0.3) is 0 Å². The van der Waals surface area contributed by atoms with Crippen molar-refractivity contribution in [3.05, 3.63) is 29.3 Å². The van der Waals surface area contributed by atoms with Crippen molar-refractivity contribution in [3.63, 3.8) is 0 Å². The Bertz CT molecular complexity index is 440. The number of hydrogen-bond acceptors (Lipinski definition) is 3. The Balaban J connectivity index is 1.75. The van der Waals surface area contributed by atoms with E-state index in [1.54, 1.807) is 0 Å². The molecule has 0 spiro atoms. The first-order valence-electron chi connectivity index (χ1n) is 6.84. The minimum absolute atomic E-state index is 0.00769. The molecule has 1 unspecified atom stereocenters. The molecule has 1 aromatic carbocycles. The Labute approximate surface area is 114 Å². The summed E-state index contributed by atoms with van der Waals surface area (Å²) >= 11 is 0. The largest absolute Gasteiger partial charge is 0.377 e. The fraction of sp³-hybridized carbons (Fsp3) is 0.533. The number of rotatable bonds is 5. The third-order valence-electron chi connectivity index (χ3n) is 3.35. The van der Waals surface area contributed by atoms with Crippen molar-refractivity contribution in [2.45, 2.75) is 32.8 Å². The van der Waals surface area contributed by atoms with Crippen LogP contribution in [-0.2, 0) is 9.53 Å². The second-order valence-corrected chi connectivity index (χ2v) is 5.13. The van der Waals surface area contributed by atoms with Crippen LogP contribution in [0.3, 0.4) is 0 Å². The first kappa shape index (κ1) is 14.0. The van der Waals surface area contributed by atoms with E-state index in [0.717, 1.165) is 42.8 Å². The van der Waals surface area contributed by atoms with Gasteiger partial charge in [0.15, 0.2) is 0 Å². The van der Waals surface area contributed by atoms with Gasteiger partial charge in [0.25, 0.3) is 0 Å². The first-order chi connectivity index (χ1) is 9.15. The summed E-state index contributed by atoms with van der Waals surface area (Å²) in [6, 6.07) is 6.05. The van der Waals surface area contributed by atoms with Gasteiger partial charge in [-0.25, -0.2) is 0 Å². The van der Waals surface area contributed by atoms with Gasteiger partial charge >= 0.3 is 0 Å². The standard InChI is InChI=1S/C15H22N2O2/c1-11-5-6-12(2)14(8-11)17-15(18)10-16-9-13-4-3-7-19-13/h5-6,8,13,16H,3-4,7,9-10H2,1-2H3,(H,17,18). The Morgan fingerprint density at radius 2 is 2.26 bits per heavy atom. The maximum atomic E-state index is 11.8. The minimum atomic E-state index is -0.00769. The topological polar surface area (TPSA) is 50.4 Å². The number of hydrogen-bond donors (Lipinski definition) is 2. The van der Waals surface area contributed by atoms with Crippen LogP contribution in [0.2, 0.25) is 0 Å². The van der Waals surface area contributed by atoms with Gasteiger partial charge in [0.05, 0.1) is 12.6 Å². The lowest BCUT2D eigenvalue weighted by Gasteiger charge is -2.12. The quantitative estimate of drug-likeness (QED) is 0.853. The Hall–Kier alpha value is -1.39. The van der Waals surface area contributed by atoms with Crippen molar-refractivity contribution in [1.29, 1.82) is 0 Å². The van der Waals surface area contributed by atoms with E-state index in [1.165, 1.54) is 0 Å². The molecule has 1 heterocycles. The fourth-order valence-corrected chi connectivity index (χ4v) is 2.22. The number of carbonyl (C=O) groups excluding carboxylic acids is 1. The maximum absolute atomic E-state index is 11.8. The molecule has 1 fully saturated rings. The second kappa shape index (κ2) is 6.68. The predicted octanol–water partition coefficient (Wildman–Crippen LogP) is 2.01. The van der Waals surface area contributed by atoms with Gasteiger partial charge in [-0.15, -0.1) is 0 Å². The van der Waals surface area contributed by atoms with E-state index in [0.29, 0.717) is 6.54 Å². The molecule has 1 aliphatic heterocycles. The molecule has 0 saturated carbocycles. The van der Waals surface area contributed by atoms with Gasteiger partial charge in [-0.1, -0.05) is 12.1 Å². The molecule has 1 aliphatic rings. The molecule has 2 N–H and O–H groups in total. The van der Waals surface area contributed by atoms with Crippen LogP contribution < -0.4 is 10.6 Å². The maximum Gasteiger partial charge on any atom is 0.238 e. The third kappa shape index (κ3) is 4.33. The molecule has 1 saturated heterocycles. The smallest absolute Gasteiger partial charge is 0.238 e. The lowest BCUT2D eigenvalue weighted by molar-refractivity contribution is -0.115. The van der Waals surface area contributed by atoms with E-state index in [4.69, 9.17) is 4.74 Å². The Morgan fingerprint density at radius 3 is 3.00 bits per heavy atom. The van der Waals surface area contributed by atoms with Crippen molar-refractivity contribution in [2.75, 3.05) is 25.0 Å². The number of amides is 1. The molecule has 4 nitrogen and oxygen atoms in total. The van der Waals surface area contributed by atoms with E-state index in [-0.39, 0.29) is 12.0 Å². The monoisotopic (exact) mass is 262 g/mol. The van der Waals surface area contributed by atoms with Crippen molar-refractivity contribution >= 4 is 11.6 Å². The van der Waals surface area contributed by atoms with Gasteiger partial charge in [-0.05, 0) is 43.9 Å². The molecule has 0 aromatic heterocycles. The van der Waals surface area contributed by atoms with Gasteiger partial charge in [0, 0.05) is 18.8 Å². The average molecular weight is 262 g/mol. The number of aryl methyl sites for hydroxylation is 2. The summed E-state index contributed by atoms with van der Waals surface area (Å²) in [5, 5.41) is 6.08. The van der Waals surface area contributed by atoms with Gasteiger partial charge in [-0.3, -0.25) is 4.79 Å². The van der Waals surface area contributed by atoms with Crippen molar-refractivity contribution in [3.8, 4) is 0 Å². The van der Waals surface area contributed by atoms with E-state index >= 15 is 0 Å². The molecule has 1 amide bonds. The Morgan fingerprint density at radius 1 is 1.42 bits per heavy atom. The lowest BCUT2D eigenvalue weighted by Crippen LogP contribution is -2.33. The second-order valence-electron chi connectivity index (χ2n) is 5.13. The summed E-state index contributed by atoms with van der Waals surface area (Å²) in [6.45, 7) is 5.94. The van der Waals surface area contributed by atoms with Crippen molar-refractivity contribution < 1.29 is 9.53 Å². The predicted molar refractivity (Wildman–Crippen MR) is 76.4 cm³/mol. The molecule has 104 valence electrons. The molecule has 4 heteroatoms. The van der Waals surface area contributed by atoms with Crippen LogP contribution in [-0.4, -0.2) is 31.7 Å². The van der Waals surface area contributed by atoms with Gasteiger partial charge < -0.3 is 15.4 Å². The average Bonchev–Trinajstić information content (AvgIpc) is 2.87. The highest BCUT2D eigenvalue weighted by Crippen LogP contribution is 2.16. The SMILES string of the molecule is Cc1ccc(C)c(NC(=O)CNCC2CCCO2)c1. The summed E-state index contributed by atoms with van der Waals surface area (Å²) in [7, 11) is 0. The summed E-state index contributed by atoms with van der Waals surface area (Å²) in [5.41, 5.74) is 3.12. The van der Waals surface area contributed by atoms with E-state index in [1.807, 2.05) is 32.0 Å². The zero-order valence-corrected chi connectivity index (χ0v) is 11.7. The molecular formula is C15H22N2O2. The van der Waals surface area contributed by atoms with Crippen LogP contribution in [0.4, 0.5) is 5.69 Å². The van der Waals surface area contributed by atoms with Crippen LogP contribution >= 0.6 is 0 Å². The number of carbonyl (C=O) groups is 1. The molecule has 1 aromatic rings. The molecular weight excluding hydrogens is 240 g/mol. The fourth-order valence-electron chi connectivity index (χ4n) is 2.22. The molecule has 19 heavy (non-hydrogen) atoms. The highest BCUT2D eigenvalue weighted by molar-refractivity contribution is 5.93. The van der Waals surface area contributed by atoms with Crippen LogP contribution in [0.5, 0.6) is 0 Å². The number of ether oxygens (including phenoxy) is 1. The number of nitrogens with one attached hydrogen (secondary N) is 2. The van der Waals surface area contributed by atoms with Crippen LogP contribution in [0, 0.1) is 13.8 Å². The van der Waals surface area contributed by atoms with Gasteiger partial charge in [0.2, 0.25) is 5.91 Å². The van der Waals surface area contributed by atoms with Gasteiger partial charge in [-0.2, -0.15) is 0 Å². The zero-order valence-electron chi connectivity index (χ0n) is 11.7. The van der Waals surface area contributed by atoms with E-state index in [9.17, 15) is 4.79 Å². The summed E-state index contributed by atoms with van der Waals surface area (Å²) in [6.07, 6.45) is 2.49. The highest BCUT2D eigenvalue weighted by Gasteiger charge is 2.15. The lowest BCUT2D eigenvalue weighted by atomic mass is 10.1. The molecule has 1 atom stereocenters. The van der Waals surface area contributed by atoms with E-state index < -0.39 is 0 Å². The highest BCUT2D eigenvalue weighted by atomic mass is 16.5. The zero-order chi connectivity index (χ0) is 13.7. The molecule has 0 aliphatic carbocycles. The van der Waals surface area contributed by atoms with Gasteiger partial charge in [0.1, 0.15) is 0 Å². The normalized spacial score (nSPS) is 18.5. The molecule has 0 radical (unpaired) electrons. The van der Waals surface area contributed by atoms with Crippen LogP contribution in [0.15, 0.2) is 18.2 Å². The Kier molecular flexibility index (Phi) is 4.93. The molecule has 2 rings (SSSR count). The van der Waals surface area contributed by atoms with E-state index in [2.05, 4.69) is 10.6 Å². The van der Waals surface area contributed by atoms with Crippen molar-refractivity contribution in [2.24, 2.45) is 0 Å². The first-order valence-corrected chi connectivity index (χ1v) is 6.84. The molecule has 0 bridgehead atoms. The minimum Gasteiger partial charge on any atom is -0.377 e. The summed E-state index contributed by atoms with van der Waals surface area (Å²) in [5.74, 6) is -0.00769.